The third kappa shape index (κ3) is 19.8. The minimum Gasteiger partial charge on any atom is -0.391 e. The van der Waals surface area contributed by atoms with E-state index in [1.807, 2.05) is 0 Å². The molecule has 0 fully saturated rings. The first-order valence-electron chi connectivity index (χ1n) is 10.1. The molecule has 0 aliphatic heterocycles. The molecule has 140 valence electrons. The molecule has 0 aromatic rings. The highest BCUT2D eigenvalue weighted by molar-refractivity contribution is 4.53. The van der Waals surface area contributed by atoms with Crippen molar-refractivity contribution in [1.82, 2.24) is 0 Å². The SMILES string of the molecule is CCCCCCCCOCCC(O)COCCCCCCCC. The minimum atomic E-state index is -0.375. The number of unbranched alkanes of at least 4 members (excludes halogenated alkanes) is 10. The lowest BCUT2D eigenvalue weighted by atomic mass is 10.1. The lowest BCUT2D eigenvalue weighted by Crippen LogP contribution is -2.18. The number of aliphatic hydroxyl groups excluding tert-OH is 1. The predicted molar refractivity (Wildman–Crippen MR) is 99.0 cm³/mol. The molecule has 0 saturated carbocycles. The van der Waals surface area contributed by atoms with Gasteiger partial charge in [-0.3, -0.25) is 0 Å². The van der Waals surface area contributed by atoms with E-state index < -0.39 is 0 Å². The Bertz CT molecular complexity index is 209. The molecule has 3 heteroatoms. The van der Waals surface area contributed by atoms with Crippen molar-refractivity contribution >= 4 is 0 Å². The lowest BCUT2D eigenvalue weighted by molar-refractivity contribution is 0.0121. The highest BCUT2D eigenvalue weighted by Gasteiger charge is 2.04. The van der Waals surface area contributed by atoms with Crippen LogP contribution in [0.15, 0.2) is 0 Å². The van der Waals surface area contributed by atoms with E-state index in [4.69, 9.17) is 9.47 Å². The zero-order valence-corrected chi connectivity index (χ0v) is 15.9. The molecule has 0 heterocycles. The zero-order valence-electron chi connectivity index (χ0n) is 15.9. The maximum absolute atomic E-state index is 9.82. The van der Waals surface area contributed by atoms with Crippen molar-refractivity contribution in [3.63, 3.8) is 0 Å². The van der Waals surface area contributed by atoms with Gasteiger partial charge in [-0.25, -0.2) is 0 Å². The topological polar surface area (TPSA) is 38.7 Å². The molecular formula is C20H42O3. The van der Waals surface area contributed by atoms with Gasteiger partial charge in [-0.15, -0.1) is 0 Å². The number of hydrogen-bond acceptors (Lipinski definition) is 3. The van der Waals surface area contributed by atoms with Gasteiger partial charge in [0.1, 0.15) is 0 Å². The van der Waals surface area contributed by atoms with Crippen LogP contribution in [0.2, 0.25) is 0 Å². The Balaban J connectivity index is 3.11. The van der Waals surface area contributed by atoms with Crippen molar-refractivity contribution < 1.29 is 14.6 Å². The van der Waals surface area contributed by atoms with E-state index in [2.05, 4.69) is 13.8 Å². The first kappa shape index (κ1) is 22.9. The van der Waals surface area contributed by atoms with E-state index in [1.54, 1.807) is 0 Å². The molecule has 0 aromatic carbocycles. The van der Waals surface area contributed by atoms with E-state index >= 15 is 0 Å². The van der Waals surface area contributed by atoms with Gasteiger partial charge >= 0.3 is 0 Å². The van der Waals surface area contributed by atoms with Crippen molar-refractivity contribution in [3.05, 3.63) is 0 Å². The van der Waals surface area contributed by atoms with Gasteiger partial charge in [0, 0.05) is 19.8 Å². The summed E-state index contributed by atoms with van der Waals surface area (Å²) >= 11 is 0. The van der Waals surface area contributed by atoms with E-state index in [0.717, 1.165) is 26.1 Å². The maximum Gasteiger partial charge on any atom is 0.0795 e. The van der Waals surface area contributed by atoms with Crippen LogP contribution in [-0.4, -0.2) is 37.6 Å². The highest BCUT2D eigenvalue weighted by atomic mass is 16.5. The van der Waals surface area contributed by atoms with Crippen molar-refractivity contribution in [2.45, 2.75) is 103 Å². The third-order valence-corrected chi connectivity index (χ3v) is 4.19. The van der Waals surface area contributed by atoms with Gasteiger partial charge in [-0.1, -0.05) is 78.1 Å². The second kappa shape index (κ2) is 19.9. The Morgan fingerprint density at radius 3 is 1.65 bits per heavy atom. The van der Waals surface area contributed by atoms with Gasteiger partial charge in [-0.05, 0) is 19.3 Å². The van der Waals surface area contributed by atoms with Gasteiger partial charge in [-0.2, -0.15) is 0 Å². The second-order valence-electron chi connectivity index (χ2n) is 6.67. The first-order chi connectivity index (χ1) is 11.3. The number of ether oxygens (including phenoxy) is 2. The molecule has 1 atom stereocenters. The molecule has 0 saturated heterocycles. The van der Waals surface area contributed by atoms with Crippen LogP contribution in [0.25, 0.3) is 0 Å². The van der Waals surface area contributed by atoms with Crippen molar-refractivity contribution in [2.24, 2.45) is 0 Å². The largest absolute Gasteiger partial charge is 0.391 e. The lowest BCUT2D eigenvalue weighted by Gasteiger charge is -2.11. The Hall–Kier alpha value is -0.120. The summed E-state index contributed by atoms with van der Waals surface area (Å²) in [6, 6.07) is 0. The van der Waals surface area contributed by atoms with Gasteiger partial charge in [0.2, 0.25) is 0 Å². The fraction of sp³-hybridized carbons (Fsp3) is 1.00. The Kier molecular flexibility index (Phi) is 19.8. The molecule has 0 spiro atoms. The average Bonchev–Trinajstić information content (AvgIpc) is 2.56. The summed E-state index contributed by atoms with van der Waals surface area (Å²) in [6.45, 7) is 7.19. The van der Waals surface area contributed by atoms with Crippen LogP contribution in [-0.2, 0) is 9.47 Å². The molecule has 1 unspecified atom stereocenters. The van der Waals surface area contributed by atoms with E-state index in [-0.39, 0.29) is 6.10 Å². The maximum atomic E-state index is 9.82. The summed E-state index contributed by atoms with van der Waals surface area (Å²) < 4.78 is 11.1. The molecule has 0 radical (unpaired) electrons. The molecule has 0 aliphatic rings. The molecule has 3 nitrogen and oxygen atoms in total. The van der Waals surface area contributed by atoms with Crippen LogP contribution in [0, 0.1) is 0 Å². The van der Waals surface area contributed by atoms with Crippen molar-refractivity contribution in [1.29, 1.82) is 0 Å². The number of rotatable bonds is 19. The highest BCUT2D eigenvalue weighted by Crippen LogP contribution is 2.06. The van der Waals surface area contributed by atoms with E-state index in [0.29, 0.717) is 19.6 Å². The average molecular weight is 331 g/mol. The fourth-order valence-corrected chi connectivity index (χ4v) is 2.59. The normalized spacial score (nSPS) is 12.7. The molecule has 0 bridgehead atoms. The molecule has 0 aliphatic carbocycles. The van der Waals surface area contributed by atoms with Crippen LogP contribution in [0.3, 0.4) is 0 Å². The molecular weight excluding hydrogens is 288 g/mol. The van der Waals surface area contributed by atoms with Crippen molar-refractivity contribution in [3.8, 4) is 0 Å². The van der Waals surface area contributed by atoms with Crippen LogP contribution in [0.4, 0.5) is 0 Å². The van der Waals surface area contributed by atoms with Gasteiger partial charge in [0.25, 0.3) is 0 Å². The molecule has 0 aromatic heterocycles. The minimum absolute atomic E-state index is 0.375. The summed E-state index contributed by atoms with van der Waals surface area (Å²) in [6.07, 6.45) is 15.7. The Morgan fingerprint density at radius 1 is 0.609 bits per heavy atom. The molecule has 0 rings (SSSR count). The summed E-state index contributed by atoms with van der Waals surface area (Å²) in [7, 11) is 0. The summed E-state index contributed by atoms with van der Waals surface area (Å²) in [4.78, 5) is 0. The van der Waals surface area contributed by atoms with Gasteiger partial charge in [0.15, 0.2) is 0 Å². The van der Waals surface area contributed by atoms with Crippen LogP contribution < -0.4 is 0 Å². The second-order valence-corrected chi connectivity index (χ2v) is 6.67. The third-order valence-electron chi connectivity index (χ3n) is 4.19. The van der Waals surface area contributed by atoms with E-state index in [9.17, 15) is 5.11 Å². The van der Waals surface area contributed by atoms with Crippen LogP contribution in [0.5, 0.6) is 0 Å². The van der Waals surface area contributed by atoms with E-state index in [1.165, 1.54) is 64.2 Å². The van der Waals surface area contributed by atoms with Crippen molar-refractivity contribution in [2.75, 3.05) is 26.4 Å². The Labute approximate surface area is 145 Å². The number of aliphatic hydroxyl groups is 1. The van der Waals surface area contributed by atoms with Gasteiger partial charge < -0.3 is 14.6 Å². The molecule has 1 N–H and O–H groups in total. The fourth-order valence-electron chi connectivity index (χ4n) is 2.59. The zero-order chi connectivity index (χ0) is 17.0. The molecule has 0 amide bonds. The molecule has 23 heavy (non-hydrogen) atoms. The van der Waals surface area contributed by atoms with Gasteiger partial charge in [0.05, 0.1) is 12.7 Å². The predicted octanol–water partition coefficient (Wildman–Crippen LogP) is 5.49. The summed E-state index contributed by atoms with van der Waals surface area (Å²) in [5.74, 6) is 0. The first-order valence-corrected chi connectivity index (χ1v) is 10.1. The standard InChI is InChI=1S/C20H42O3/c1-3-5-7-9-11-13-16-22-18-15-20(21)19-23-17-14-12-10-8-6-4-2/h20-21H,3-19H2,1-2H3. The monoisotopic (exact) mass is 330 g/mol. The Morgan fingerprint density at radius 2 is 1.09 bits per heavy atom. The summed E-state index contributed by atoms with van der Waals surface area (Å²) in [5, 5.41) is 9.82. The summed E-state index contributed by atoms with van der Waals surface area (Å²) in [5.41, 5.74) is 0. The number of hydrogen-bond donors (Lipinski definition) is 1. The van der Waals surface area contributed by atoms with Crippen LogP contribution >= 0.6 is 0 Å². The smallest absolute Gasteiger partial charge is 0.0795 e. The quantitative estimate of drug-likeness (QED) is 0.318. The van der Waals surface area contributed by atoms with Crippen LogP contribution in [0.1, 0.15) is 97.3 Å².